The van der Waals surface area contributed by atoms with Gasteiger partial charge in [0.2, 0.25) is 0 Å². The second-order valence-electron chi connectivity index (χ2n) is 9.51. The van der Waals surface area contributed by atoms with Crippen LogP contribution in [0.4, 0.5) is 5.69 Å². The van der Waals surface area contributed by atoms with Crippen molar-refractivity contribution in [2.75, 3.05) is 11.6 Å². The molecule has 2 aliphatic heterocycles. The summed E-state index contributed by atoms with van der Waals surface area (Å²) in [6.45, 7) is 3.76. The van der Waals surface area contributed by atoms with E-state index in [1.165, 1.54) is 60.1 Å². The molecule has 3 aromatic rings. The van der Waals surface area contributed by atoms with Crippen molar-refractivity contribution in [1.29, 1.82) is 0 Å². The molecule has 3 heterocycles. The molecule has 12 heteroatoms. The number of nitrogens with zero attached hydrogens (tertiary/aromatic N) is 3. The zero-order valence-corrected chi connectivity index (χ0v) is 22.1. The molecule has 0 saturated carbocycles. The van der Waals surface area contributed by atoms with E-state index in [2.05, 4.69) is 10.2 Å². The summed E-state index contributed by atoms with van der Waals surface area (Å²) in [5.41, 5.74) is 2.28. The summed E-state index contributed by atoms with van der Waals surface area (Å²) < 4.78 is 6.74. The number of carboxylic acids is 2. The van der Waals surface area contributed by atoms with Crippen molar-refractivity contribution in [2.45, 2.75) is 32.5 Å². The highest BCUT2D eigenvalue weighted by molar-refractivity contribution is 6.31. The molecular formula is C29H26N4O8. The van der Waals surface area contributed by atoms with Crippen LogP contribution in [0, 0.1) is 0 Å². The normalized spacial score (nSPS) is 18.5. The highest BCUT2D eigenvalue weighted by Gasteiger charge is 2.34. The fourth-order valence-corrected chi connectivity index (χ4v) is 4.41. The highest BCUT2D eigenvalue weighted by atomic mass is 16.6. The van der Waals surface area contributed by atoms with Gasteiger partial charge in [0.05, 0.1) is 52.0 Å². The van der Waals surface area contributed by atoms with Gasteiger partial charge in [-0.2, -0.15) is 10.1 Å². The Labute approximate surface area is 233 Å². The second-order valence-corrected chi connectivity index (χ2v) is 9.51. The molecule has 5 rings (SSSR count). The number of benzene rings is 2. The predicted molar refractivity (Wildman–Crippen MR) is 148 cm³/mol. The molecule has 0 radical (unpaired) electrons. The molecule has 2 aliphatic rings. The first-order valence-corrected chi connectivity index (χ1v) is 12.8. The van der Waals surface area contributed by atoms with Crippen LogP contribution in [0.1, 0.15) is 58.3 Å². The average molecular weight is 559 g/mol. The van der Waals surface area contributed by atoms with Crippen LogP contribution in [0.5, 0.6) is 0 Å². The minimum Gasteiger partial charge on any atom is -0.478 e. The fourth-order valence-electron chi connectivity index (χ4n) is 4.41. The number of aliphatic hydroxyl groups is 1. The van der Waals surface area contributed by atoms with Crippen molar-refractivity contribution in [1.82, 2.24) is 9.78 Å². The molecule has 41 heavy (non-hydrogen) atoms. The van der Waals surface area contributed by atoms with Gasteiger partial charge in [0.25, 0.3) is 11.5 Å². The minimum atomic E-state index is -1.10. The molecule has 210 valence electrons. The summed E-state index contributed by atoms with van der Waals surface area (Å²) in [5.74, 6) is -2.70. The average Bonchev–Trinajstić information content (AvgIpc) is 3.68. The Balaban J connectivity index is 1.53. The Morgan fingerprint density at radius 3 is 2.10 bits per heavy atom. The summed E-state index contributed by atoms with van der Waals surface area (Å²) >= 11 is 0. The lowest BCUT2D eigenvalue weighted by molar-refractivity contribution is -0.114. The number of aliphatic hydroxyl groups excluding tert-OH is 1. The van der Waals surface area contributed by atoms with E-state index < -0.39 is 23.9 Å². The van der Waals surface area contributed by atoms with Crippen molar-refractivity contribution in [3.05, 3.63) is 98.5 Å². The molecule has 0 spiro atoms. The number of amides is 1. The maximum atomic E-state index is 13.5. The van der Waals surface area contributed by atoms with Crippen LogP contribution in [-0.4, -0.2) is 61.4 Å². The molecule has 1 fully saturated rings. The smallest absolute Gasteiger partial charge is 0.335 e. The standard InChI is InChI=1S/C29H26N4O8/c1-3-16(12-21-24(15(2)34)30-32(26(21)35)19-8-4-17(5-9-19)28(37)38)13-22-25(23-14-41-23)31-33(27(22)36)20-10-6-18(7-11-20)29(39)40/h4-13,15,23,31,34H,3,14H2,1-2H3,(H,37,38)(H,39,40). The van der Waals surface area contributed by atoms with Crippen molar-refractivity contribution in [3.8, 4) is 5.69 Å². The lowest BCUT2D eigenvalue weighted by Crippen LogP contribution is -2.23. The first kappa shape index (κ1) is 27.5. The first-order chi connectivity index (χ1) is 19.6. The number of anilines is 1. The SMILES string of the molecule is CCC(=Cc1c(C2CO2)[nH]n(-c2ccc(C(=O)O)cc2)c1=O)C=C1C(=O)N(c2ccc(C(=O)O)cc2)N=C1C(C)O. The third-order valence-electron chi connectivity index (χ3n) is 6.71. The second kappa shape index (κ2) is 10.8. The number of carbonyl (C=O) groups excluding carboxylic acids is 1. The Morgan fingerprint density at radius 1 is 1.05 bits per heavy atom. The van der Waals surface area contributed by atoms with Crippen LogP contribution < -0.4 is 10.6 Å². The van der Waals surface area contributed by atoms with E-state index in [1.807, 2.05) is 6.92 Å². The third-order valence-corrected chi connectivity index (χ3v) is 6.71. The molecule has 2 atom stereocenters. The number of hydrogen-bond donors (Lipinski definition) is 4. The molecular weight excluding hydrogens is 532 g/mol. The van der Waals surface area contributed by atoms with Gasteiger partial charge in [-0.3, -0.25) is 14.7 Å². The molecule has 0 bridgehead atoms. The number of rotatable bonds is 9. The molecule has 1 saturated heterocycles. The van der Waals surface area contributed by atoms with Crippen LogP contribution in [0.25, 0.3) is 11.8 Å². The molecule has 0 aliphatic carbocycles. The number of carbonyl (C=O) groups is 3. The van der Waals surface area contributed by atoms with Gasteiger partial charge in [-0.1, -0.05) is 6.92 Å². The Kier molecular flexibility index (Phi) is 7.26. The van der Waals surface area contributed by atoms with Crippen molar-refractivity contribution in [2.24, 2.45) is 5.10 Å². The van der Waals surface area contributed by atoms with Gasteiger partial charge < -0.3 is 20.1 Å². The van der Waals surface area contributed by atoms with Crippen LogP contribution in [0.15, 0.2) is 75.6 Å². The number of aromatic nitrogens is 2. The molecule has 2 aromatic carbocycles. The zero-order chi connectivity index (χ0) is 29.4. The largest absolute Gasteiger partial charge is 0.478 e. The number of epoxide rings is 1. The van der Waals surface area contributed by atoms with Gasteiger partial charge in [-0.25, -0.2) is 14.3 Å². The molecule has 12 nitrogen and oxygen atoms in total. The maximum absolute atomic E-state index is 13.5. The monoisotopic (exact) mass is 558 g/mol. The van der Waals surface area contributed by atoms with Crippen molar-refractivity contribution >= 4 is 35.3 Å². The number of hydrogen-bond acceptors (Lipinski definition) is 7. The van der Waals surface area contributed by atoms with Gasteiger partial charge in [0.1, 0.15) is 11.8 Å². The van der Waals surface area contributed by atoms with Crippen LogP contribution in [0.3, 0.4) is 0 Å². The van der Waals surface area contributed by atoms with Gasteiger partial charge in [-0.15, -0.1) is 0 Å². The number of aromatic amines is 1. The van der Waals surface area contributed by atoms with Gasteiger partial charge in [-0.05, 0) is 79.6 Å². The van der Waals surface area contributed by atoms with Gasteiger partial charge >= 0.3 is 11.9 Å². The highest BCUT2D eigenvalue weighted by Crippen LogP contribution is 2.32. The van der Waals surface area contributed by atoms with E-state index in [0.29, 0.717) is 41.2 Å². The van der Waals surface area contributed by atoms with E-state index in [9.17, 15) is 29.4 Å². The topological polar surface area (TPSA) is 178 Å². The first-order valence-electron chi connectivity index (χ1n) is 12.8. The Morgan fingerprint density at radius 2 is 1.61 bits per heavy atom. The Hall–Kier alpha value is -5.07. The third kappa shape index (κ3) is 5.38. The zero-order valence-electron chi connectivity index (χ0n) is 22.1. The lowest BCUT2D eigenvalue weighted by atomic mass is 10.0. The molecule has 4 N–H and O–H groups in total. The lowest BCUT2D eigenvalue weighted by Gasteiger charge is -2.11. The quantitative estimate of drug-likeness (QED) is 0.229. The number of nitrogens with one attached hydrogen (secondary N) is 1. The van der Waals surface area contributed by atoms with Crippen LogP contribution in [-0.2, 0) is 9.53 Å². The van der Waals surface area contributed by atoms with Gasteiger partial charge in [0.15, 0.2) is 0 Å². The minimum absolute atomic E-state index is 0.0533. The molecule has 1 aromatic heterocycles. The van der Waals surface area contributed by atoms with E-state index in [1.54, 1.807) is 12.2 Å². The Bertz CT molecular complexity index is 1690. The molecule has 1 amide bonds. The van der Waals surface area contributed by atoms with E-state index in [0.717, 1.165) is 5.01 Å². The summed E-state index contributed by atoms with van der Waals surface area (Å²) in [6, 6.07) is 11.5. The number of carboxylic acid groups (broad SMARTS) is 2. The predicted octanol–water partition coefficient (Wildman–Crippen LogP) is 3.14. The van der Waals surface area contributed by atoms with E-state index >= 15 is 0 Å². The summed E-state index contributed by atoms with van der Waals surface area (Å²) in [6.07, 6.45) is 2.27. The number of H-pyrrole nitrogens is 1. The van der Waals surface area contributed by atoms with Gasteiger partial charge in [0, 0.05) is 0 Å². The van der Waals surface area contributed by atoms with Crippen molar-refractivity contribution in [3.63, 3.8) is 0 Å². The van der Waals surface area contributed by atoms with E-state index in [4.69, 9.17) is 9.84 Å². The maximum Gasteiger partial charge on any atom is 0.335 e. The van der Waals surface area contributed by atoms with Crippen LogP contribution >= 0.6 is 0 Å². The van der Waals surface area contributed by atoms with Crippen LogP contribution in [0.2, 0.25) is 0 Å². The van der Waals surface area contributed by atoms with Crippen molar-refractivity contribution < 1.29 is 34.4 Å². The summed E-state index contributed by atoms with van der Waals surface area (Å²) in [7, 11) is 0. The number of hydrazone groups is 1. The number of ether oxygens (including phenoxy) is 1. The summed E-state index contributed by atoms with van der Waals surface area (Å²) in [4.78, 5) is 49.3. The fraction of sp³-hybridized carbons (Fsp3) is 0.207. The summed E-state index contributed by atoms with van der Waals surface area (Å²) in [5, 5.41) is 37.2. The number of allylic oxidation sites excluding steroid dienone is 2. The van der Waals surface area contributed by atoms with E-state index in [-0.39, 0.29) is 34.1 Å². The number of aromatic carboxylic acids is 2. The molecule has 2 unspecified atom stereocenters.